The van der Waals surface area contributed by atoms with E-state index < -0.39 is 11.5 Å². The summed E-state index contributed by atoms with van der Waals surface area (Å²) >= 11 is 0. The summed E-state index contributed by atoms with van der Waals surface area (Å²) in [6.45, 7) is 16.4. The van der Waals surface area contributed by atoms with Crippen molar-refractivity contribution in [1.29, 1.82) is 0 Å². The highest BCUT2D eigenvalue weighted by Gasteiger charge is 2.29. The molecule has 1 aliphatic heterocycles. The summed E-state index contributed by atoms with van der Waals surface area (Å²) < 4.78 is 26.0. The Morgan fingerprint density at radius 2 is 1.78 bits per heavy atom. The second-order valence-electron chi connectivity index (χ2n) is 14.6. The molecule has 13 nitrogen and oxygen atoms in total. The van der Waals surface area contributed by atoms with Crippen LogP contribution in [0, 0.1) is 12.9 Å². The molecule has 0 aliphatic carbocycles. The normalized spacial score (nSPS) is 15.1. The van der Waals surface area contributed by atoms with Crippen molar-refractivity contribution in [3.63, 3.8) is 0 Å². The van der Waals surface area contributed by atoms with Crippen LogP contribution in [-0.2, 0) is 10.3 Å². The van der Waals surface area contributed by atoms with Crippen LogP contribution in [0.25, 0.3) is 28.0 Å². The summed E-state index contributed by atoms with van der Waals surface area (Å²) in [6.07, 6.45) is 7.61. The van der Waals surface area contributed by atoms with Gasteiger partial charge in [0.05, 0.1) is 58.7 Å². The van der Waals surface area contributed by atoms with E-state index in [1.54, 1.807) is 43.6 Å². The van der Waals surface area contributed by atoms with Crippen LogP contribution >= 0.6 is 0 Å². The Hall–Kier alpha value is -5.14. The fourth-order valence-electron chi connectivity index (χ4n) is 5.99. The van der Waals surface area contributed by atoms with Crippen molar-refractivity contribution < 1.29 is 18.7 Å². The zero-order chi connectivity index (χ0) is 35.2. The predicted octanol–water partition coefficient (Wildman–Crippen LogP) is 6.12. The van der Waals surface area contributed by atoms with Gasteiger partial charge in [0.1, 0.15) is 5.60 Å². The molecule has 0 bridgehead atoms. The van der Waals surface area contributed by atoms with Gasteiger partial charge in [-0.3, -0.25) is 9.48 Å². The van der Waals surface area contributed by atoms with E-state index in [0.29, 0.717) is 37.3 Å². The van der Waals surface area contributed by atoms with Gasteiger partial charge in [-0.15, -0.1) is 10.2 Å². The lowest BCUT2D eigenvalue weighted by Gasteiger charge is -2.33. The third-order valence-corrected chi connectivity index (χ3v) is 8.61. The summed E-state index contributed by atoms with van der Waals surface area (Å²) in [6, 6.07) is 7.40. The van der Waals surface area contributed by atoms with Gasteiger partial charge in [-0.25, -0.2) is 19.0 Å². The third kappa shape index (κ3) is 7.18. The average molecular weight is 671 g/mol. The van der Waals surface area contributed by atoms with Crippen LogP contribution < -0.4 is 5.32 Å². The van der Waals surface area contributed by atoms with Crippen LogP contribution in [0.3, 0.4) is 0 Å². The summed E-state index contributed by atoms with van der Waals surface area (Å²) in [5.41, 5.74) is 4.17. The zero-order valence-corrected chi connectivity index (χ0v) is 29.2. The Labute approximate surface area is 284 Å². The Bertz CT molecular complexity index is 2010. The monoisotopic (exact) mass is 670 g/mol. The molecule has 2 amide bonds. The quantitative estimate of drug-likeness (QED) is 0.228. The lowest BCUT2D eigenvalue weighted by molar-refractivity contribution is 0.0184. The maximum Gasteiger partial charge on any atom is 0.410 e. The smallest absolute Gasteiger partial charge is 0.410 e. The van der Waals surface area contributed by atoms with E-state index in [1.165, 1.54) is 0 Å². The molecule has 5 heterocycles. The highest BCUT2D eigenvalue weighted by Crippen LogP contribution is 2.32. The van der Waals surface area contributed by atoms with Gasteiger partial charge in [-0.2, -0.15) is 9.49 Å². The van der Waals surface area contributed by atoms with Crippen LogP contribution in [0.15, 0.2) is 49.1 Å². The molecule has 4 aromatic heterocycles. The molecular formula is C35H43FN10O3. The standard InChI is InChI=1S/C35H43FN10O3/c1-21-17-23(9-10-25(21)22(2)38-32(47)28-20-46(42-40-28)34(3,4)5)30-29-11-14-37-45(29)19-27(39-30)26-18-44(41-31(26)36)24-12-15-43(16-13-24)33(48)49-35(6,7)8/h9-11,14,17-20,22,24H,12-13,15-16H2,1-8H3,(H,38,47)/t22-/m1/s1. The molecule has 0 spiro atoms. The van der Waals surface area contributed by atoms with Gasteiger partial charge in [0, 0.05) is 24.8 Å². The number of rotatable bonds is 6. The molecule has 1 aliphatic rings. The molecule has 1 fully saturated rings. The Balaban J connectivity index is 1.21. The Kier molecular flexibility index (Phi) is 8.76. The van der Waals surface area contributed by atoms with Gasteiger partial charge >= 0.3 is 6.09 Å². The van der Waals surface area contributed by atoms with Crippen LogP contribution in [0.4, 0.5) is 9.18 Å². The Morgan fingerprint density at radius 1 is 1.04 bits per heavy atom. The van der Waals surface area contributed by atoms with Crippen LogP contribution in [0.5, 0.6) is 0 Å². The number of carbonyl (C=O) groups is 2. The topological polar surface area (TPSA) is 137 Å². The number of amides is 2. The molecule has 1 aromatic carbocycles. The summed E-state index contributed by atoms with van der Waals surface area (Å²) in [4.78, 5) is 32.1. The van der Waals surface area contributed by atoms with Crippen LogP contribution in [0.1, 0.15) is 95.0 Å². The number of aryl methyl sites for hydroxylation is 1. The molecular weight excluding hydrogens is 627 g/mol. The molecule has 6 rings (SSSR count). The van der Waals surface area contributed by atoms with Crippen molar-refractivity contribution in [2.45, 2.75) is 91.5 Å². The molecule has 1 atom stereocenters. The van der Waals surface area contributed by atoms with Crippen molar-refractivity contribution in [2.75, 3.05) is 13.1 Å². The highest BCUT2D eigenvalue weighted by molar-refractivity contribution is 5.92. The molecule has 1 N–H and O–H groups in total. The first-order chi connectivity index (χ1) is 23.1. The second kappa shape index (κ2) is 12.7. The van der Waals surface area contributed by atoms with Gasteiger partial charge in [0.15, 0.2) is 5.69 Å². The van der Waals surface area contributed by atoms with E-state index in [0.717, 1.165) is 22.2 Å². The van der Waals surface area contributed by atoms with Crippen molar-refractivity contribution in [3.05, 3.63) is 71.8 Å². The minimum absolute atomic E-state index is 0.0713. The first-order valence-corrected chi connectivity index (χ1v) is 16.5. The zero-order valence-electron chi connectivity index (χ0n) is 29.2. The van der Waals surface area contributed by atoms with Crippen molar-refractivity contribution >= 4 is 17.5 Å². The molecule has 258 valence electrons. The number of fused-ring (bicyclic) bond motifs is 1. The maximum atomic E-state index is 15.5. The lowest BCUT2D eigenvalue weighted by atomic mass is 9.98. The lowest BCUT2D eigenvalue weighted by Crippen LogP contribution is -2.42. The van der Waals surface area contributed by atoms with E-state index in [2.05, 4.69) is 25.8 Å². The largest absolute Gasteiger partial charge is 0.444 e. The van der Waals surface area contributed by atoms with Gasteiger partial charge < -0.3 is 15.0 Å². The number of likely N-dealkylation sites (tertiary alicyclic amines) is 1. The van der Waals surface area contributed by atoms with Crippen molar-refractivity contribution in [3.8, 4) is 22.5 Å². The number of nitrogens with one attached hydrogen (secondary N) is 1. The number of piperidine rings is 1. The second-order valence-corrected chi connectivity index (χ2v) is 14.6. The minimum atomic E-state index is -0.627. The van der Waals surface area contributed by atoms with E-state index >= 15 is 4.39 Å². The van der Waals surface area contributed by atoms with E-state index in [1.807, 2.05) is 79.7 Å². The van der Waals surface area contributed by atoms with Gasteiger partial charge in [0.25, 0.3) is 5.91 Å². The highest BCUT2D eigenvalue weighted by atomic mass is 19.1. The number of aromatic nitrogens is 8. The van der Waals surface area contributed by atoms with Gasteiger partial charge in [0.2, 0.25) is 5.95 Å². The molecule has 5 aromatic rings. The van der Waals surface area contributed by atoms with Gasteiger partial charge in [-0.1, -0.05) is 17.3 Å². The predicted molar refractivity (Wildman–Crippen MR) is 181 cm³/mol. The number of halogens is 1. The Morgan fingerprint density at radius 3 is 2.43 bits per heavy atom. The molecule has 0 unspecified atom stereocenters. The van der Waals surface area contributed by atoms with E-state index in [9.17, 15) is 9.59 Å². The fraction of sp³-hybridized carbons (Fsp3) is 0.457. The minimum Gasteiger partial charge on any atom is -0.444 e. The number of hydrogen-bond donors (Lipinski definition) is 1. The third-order valence-electron chi connectivity index (χ3n) is 8.61. The molecule has 0 radical (unpaired) electrons. The van der Waals surface area contributed by atoms with Crippen molar-refractivity contribution in [2.24, 2.45) is 0 Å². The molecule has 1 saturated heterocycles. The van der Waals surface area contributed by atoms with Gasteiger partial charge in [-0.05, 0) is 91.5 Å². The first kappa shape index (κ1) is 33.7. The summed E-state index contributed by atoms with van der Waals surface area (Å²) in [5, 5.41) is 19.8. The summed E-state index contributed by atoms with van der Waals surface area (Å²) in [7, 11) is 0. The van der Waals surface area contributed by atoms with E-state index in [-0.39, 0.29) is 40.9 Å². The number of carbonyl (C=O) groups excluding carboxylic acids is 2. The number of hydrogen-bond acceptors (Lipinski definition) is 8. The molecule has 0 saturated carbocycles. The maximum absolute atomic E-state index is 15.5. The first-order valence-electron chi connectivity index (χ1n) is 16.5. The van der Waals surface area contributed by atoms with Crippen molar-refractivity contribution in [1.82, 2.24) is 49.6 Å². The summed E-state index contributed by atoms with van der Waals surface area (Å²) in [5.74, 6) is -0.934. The SMILES string of the molecule is Cc1cc(-c2nc(-c3cn(C4CCN(C(=O)OC(C)(C)C)CC4)nc3F)cn3nccc23)ccc1[C@@H](C)NC(=O)c1cn(C(C)(C)C)nn1. The average Bonchev–Trinajstić information content (AvgIpc) is 3.79. The molecule has 49 heavy (non-hydrogen) atoms. The fourth-order valence-corrected chi connectivity index (χ4v) is 5.99. The number of ether oxygens (including phenoxy) is 1. The number of nitrogens with zero attached hydrogens (tertiary/aromatic N) is 9. The number of benzene rings is 1. The van der Waals surface area contributed by atoms with E-state index in [4.69, 9.17) is 9.72 Å². The van der Waals surface area contributed by atoms with Crippen LogP contribution in [-0.4, -0.2) is 75.0 Å². The molecule has 14 heteroatoms. The van der Waals surface area contributed by atoms with Crippen LogP contribution in [0.2, 0.25) is 0 Å².